The number of likely N-dealkylation sites (tertiary alicyclic amines) is 2. The lowest BCUT2D eigenvalue weighted by atomic mass is 9.95. The fourth-order valence-corrected chi connectivity index (χ4v) is 4.41. The van der Waals surface area contributed by atoms with Crippen LogP contribution in [0.15, 0.2) is 0 Å². The van der Waals surface area contributed by atoms with Gasteiger partial charge in [-0.3, -0.25) is 14.4 Å². The lowest BCUT2D eigenvalue weighted by molar-refractivity contribution is -0.130. The van der Waals surface area contributed by atoms with Gasteiger partial charge in [-0.05, 0) is 52.0 Å². The summed E-state index contributed by atoms with van der Waals surface area (Å²) < 4.78 is 2.02. The van der Waals surface area contributed by atoms with Crippen LogP contribution in [0.25, 0.3) is 0 Å². The molecule has 0 aromatic carbocycles. The standard InChI is InChI=1S/C18H30N4O/c1-13-18(14(2)20(4)19-13)17-6-5-9-22(17)12-16-7-10-21(11-8-16)15(3)23/h16-17H,5-12H2,1-4H3/t17-/m0/s1. The van der Waals surface area contributed by atoms with Crippen molar-refractivity contribution in [3.05, 3.63) is 17.0 Å². The highest BCUT2D eigenvalue weighted by atomic mass is 16.2. The quantitative estimate of drug-likeness (QED) is 0.859. The van der Waals surface area contributed by atoms with Crippen LogP contribution in [0, 0.1) is 19.8 Å². The minimum Gasteiger partial charge on any atom is -0.343 e. The fraction of sp³-hybridized carbons (Fsp3) is 0.778. The molecular formula is C18H30N4O. The van der Waals surface area contributed by atoms with Crippen molar-refractivity contribution in [2.45, 2.75) is 52.5 Å². The first-order valence-corrected chi connectivity index (χ1v) is 8.97. The van der Waals surface area contributed by atoms with Crippen LogP contribution in [0.3, 0.4) is 0 Å². The number of carbonyl (C=O) groups is 1. The molecule has 0 radical (unpaired) electrons. The number of nitrogens with zero attached hydrogens (tertiary/aromatic N) is 4. The highest BCUT2D eigenvalue weighted by molar-refractivity contribution is 5.73. The third-order valence-corrected chi connectivity index (χ3v) is 5.81. The molecule has 128 valence electrons. The van der Waals surface area contributed by atoms with Crippen molar-refractivity contribution < 1.29 is 4.79 Å². The van der Waals surface area contributed by atoms with Gasteiger partial charge in [0.15, 0.2) is 0 Å². The Morgan fingerprint density at radius 3 is 2.43 bits per heavy atom. The van der Waals surface area contributed by atoms with Gasteiger partial charge in [-0.25, -0.2) is 0 Å². The summed E-state index contributed by atoms with van der Waals surface area (Å²) in [7, 11) is 2.04. The van der Waals surface area contributed by atoms with Gasteiger partial charge in [-0.1, -0.05) is 0 Å². The van der Waals surface area contributed by atoms with Crippen LogP contribution < -0.4 is 0 Å². The summed E-state index contributed by atoms with van der Waals surface area (Å²) >= 11 is 0. The Hall–Kier alpha value is -1.36. The Balaban J connectivity index is 1.65. The van der Waals surface area contributed by atoms with Gasteiger partial charge in [-0.15, -0.1) is 0 Å². The smallest absolute Gasteiger partial charge is 0.219 e. The van der Waals surface area contributed by atoms with Gasteiger partial charge in [-0.2, -0.15) is 5.10 Å². The van der Waals surface area contributed by atoms with Crippen molar-refractivity contribution >= 4 is 5.91 Å². The second-order valence-corrected chi connectivity index (χ2v) is 7.31. The number of piperidine rings is 1. The third-order valence-electron chi connectivity index (χ3n) is 5.81. The van der Waals surface area contributed by atoms with E-state index in [9.17, 15) is 4.79 Å². The van der Waals surface area contributed by atoms with Crippen molar-refractivity contribution in [2.24, 2.45) is 13.0 Å². The summed E-state index contributed by atoms with van der Waals surface area (Å²) in [4.78, 5) is 16.1. The average Bonchev–Trinajstić information content (AvgIpc) is 3.04. The first-order valence-electron chi connectivity index (χ1n) is 8.97. The minimum absolute atomic E-state index is 0.226. The lowest BCUT2D eigenvalue weighted by Gasteiger charge is -2.35. The number of hydrogen-bond acceptors (Lipinski definition) is 3. The molecule has 0 bridgehead atoms. The molecule has 2 saturated heterocycles. The van der Waals surface area contributed by atoms with E-state index in [-0.39, 0.29) is 5.91 Å². The van der Waals surface area contributed by atoms with Crippen molar-refractivity contribution in [3.8, 4) is 0 Å². The zero-order valence-corrected chi connectivity index (χ0v) is 15.0. The number of rotatable bonds is 3. The highest BCUT2D eigenvalue weighted by Crippen LogP contribution is 2.36. The first kappa shape index (κ1) is 16.5. The third kappa shape index (κ3) is 3.30. The maximum absolute atomic E-state index is 11.5. The molecule has 23 heavy (non-hydrogen) atoms. The molecule has 1 amide bonds. The van der Waals surface area contributed by atoms with Gasteiger partial charge < -0.3 is 4.90 Å². The van der Waals surface area contributed by atoms with Crippen molar-refractivity contribution in [1.82, 2.24) is 19.6 Å². The Labute approximate surface area is 139 Å². The fourth-order valence-electron chi connectivity index (χ4n) is 4.41. The van der Waals surface area contributed by atoms with Crippen LogP contribution in [0.1, 0.15) is 55.6 Å². The normalized spacial score (nSPS) is 23.7. The van der Waals surface area contributed by atoms with Crippen LogP contribution >= 0.6 is 0 Å². The molecule has 0 N–H and O–H groups in total. The maximum Gasteiger partial charge on any atom is 0.219 e. The predicted octanol–water partition coefficient (Wildman–Crippen LogP) is 2.43. The Morgan fingerprint density at radius 2 is 1.87 bits per heavy atom. The van der Waals surface area contributed by atoms with Crippen LogP contribution in [-0.2, 0) is 11.8 Å². The molecule has 0 aliphatic carbocycles. The monoisotopic (exact) mass is 318 g/mol. The summed E-state index contributed by atoms with van der Waals surface area (Å²) in [6.45, 7) is 10.3. The summed E-state index contributed by atoms with van der Waals surface area (Å²) in [5, 5.41) is 4.61. The molecule has 1 aromatic heterocycles. The first-order chi connectivity index (χ1) is 11.0. The zero-order valence-electron chi connectivity index (χ0n) is 15.0. The number of hydrogen-bond donors (Lipinski definition) is 0. The van der Waals surface area contributed by atoms with Crippen molar-refractivity contribution in [1.29, 1.82) is 0 Å². The molecular weight excluding hydrogens is 288 g/mol. The van der Waals surface area contributed by atoms with Crippen LogP contribution in [0.4, 0.5) is 0 Å². The Morgan fingerprint density at radius 1 is 1.17 bits per heavy atom. The van der Waals surface area contributed by atoms with Crippen molar-refractivity contribution in [3.63, 3.8) is 0 Å². The molecule has 3 heterocycles. The van der Waals surface area contributed by atoms with Crippen LogP contribution in [0.2, 0.25) is 0 Å². The van der Waals surface area contributed by atoms with Crippen LogP contribution in [-0.4, -0.2) is 51.7 Å². The van der Waals surface area contributed by atoms with E-state index in [1.165, 1.54) is 42.9 Å². The molecule has 3 rings (SSSR count). The van der Waals surface area contributed by atoms with E-state index in [1.807, 2.05) is 16.6 Å². The van der Waals surface area contributed by atoms with E-state index in [1.54, 1.807) is 6.92 Å². The summed E-state index contributed by atoms with van der Waals surface area (Å²) in [5.74, 6) is 0.951. The second kappa shape index (κ2) is 6.63. The topological polar surface area (TPSA) is 41.4 Å². The zero-order chi connectivity index (χ0) is 16.6. The Bertz CT molecular complexity index is 572. The lowest BCUT2D eigenvalue weighted by Crippen LogP contribution is -2.40. The van der Waals surface area contributed by atoms with Gasteiger partial charge in [0.25, 0.3) is 0 Å². The van der Waals surface area contributed by atoms with Gasteiger partial charge in [0.05, 0.1) is 5.69 Å². The predicted molar refractivity (Wildman–Crippen MR) is 91.2 cm³/mol. The molecule has 5 nitrogen and oxygen atoms in total. The van der Waals surface area contributed by atoms with E-state index in [2.05, 4.69) is 23.8 Å². The Kier molecular flexibility index (Phi) is 4.76. The molecule has 0 saturated carbocycles. The molecule has 2 aliphatic heterocycles. The molecule has 5 heteroatoms. The largest absolute Gasteiger partial charge is 0.343 e. The number of aryl methyl sites for hydroxylation is 2. The van der Waals surface area contributed by atoms with E-state index in [0.29, 0.717) is 6.04 Å². The van der Waals surface area contributed by atoms with Gasteiger partial charge >= 0.3 is 0 Å². The second-order valence-electron chi connectivity index (χ2n) is 7.31. The van der Waals surface area contributed by atoms with E-state index in [4.69, 9.17) is 0 Å². The van der Waals surface area contributed by atoms with Crippen molar-refractivity contribution in [2.75, 3.05) is 26.2 Å². The maximum atomic E-state index is 11.5. The highest BCUT2D eigenvalue weighted by Gasteiger charge is 2.32. The summed E-state index contributed by atoms with van der Waals surface area (Å²) in [6.07, 6.45) is 4.83. The number of aromatic nitrogens is 2. The molecule has 2 aliphatic rings. The minimum atomic E-state index is 0.226. The van der Waals surface area contributed by atoms with E-state index in [0.717, 1.165) is 31.8 Å². The van der Waals surface area contributed by atoms with Gasteiger partial charge in [0.1, 0.15) is 0 Å². The average molecular weight is 318 g/mol. The molecule has 2 fully saturated rings. The summed E-state index contributed by atoms with van der Waals surface area (Å²) in [6, 6.07) is 0.537. The molecule has 1 atom stereocenters. The number of amides is 1. The van der Waals surface area contributed by atoms with Gasteiger partial charge in [0, 0.05) is 50.9 Å². The van der Waals surface area contributed by atoms with E-state index >= 15 is 0 Å². The summed E-state index contributed by atoms with van der Waals surface area (Å²) in [5.41, 5.74) is 3.95. The van der Waals surface area contributed by atoms with E-state index < -0.39 is 0 Å². The molecule has 0 spiro atoms. The SMILES string of the molecule is CC(=O)N1CCC(CN2CCC[C@H]2c2c(C)nn(C)c2C)CC1. The van der Waals surface area contributed by atoms with Gasteiger partial charge in [0.2, 0.25) is 5.91 Å². The number of carbonyl (C=O) groups excluding carboxylic acids is 1. The van der Waals surface area contributed by atoms with Crippen LogP contribution in [0.5, 0.6) is 0 Å². The molecule has 0 unspecified atom stereocenters. The molecule has 1 aromatic rings.